The average Bonchev–Trinajstić information content (AvgIpc) is 0. The van der Waals surface area contributed by atoms with E-state index in [0.717, 1.165) is 0 Å². The third-order valence-corrected chi connectivity index (χ3v) is 0. The van der Waals surface area contributed by atoms with E-state index >= 15 is 0 Å². The Morgan fingerprint density at radius 1 is 0.800 bits per heavy atom. The van der Waals surface area contributed by atoms with Crippen LogP contribution in [0.15, 0.2) is 0 Å². The summed E-state index contributed by atoms with van der Waals surface area (Å²) in [5.41, 5.74) is 0. The van der Waals surface area contributed by atoms with Crippen molar-refractivity contribution >= 4 is 0 Å². The maximum absolute atomic E-state index is 0. The molecule has 5 heavy (non-hydrogen) atoms. The van der Waals surface area contributed by atoms with Gasteiger partial charge in [-0.3, -0.25) is 0 Å². The number of hydrogen-bond acceptors (Lipinski definition) is 0. The normalized spacial score (nSPS) is 0. The molecular formula is H2Br2HfO2. The molecule has 0 aromatic heterocycles. The Labute approximate surface area is 70.3 Å². The van der Waals surface area contributed by atoms with Gasteiger partial charge in [-0.05, 0) is 0 Å². The van der Waals surface area contributed by atoms with E-state index in [1.165, 1.54) is 0 Å². The van der Waals surface area contributed by atoms with Gasteiger partial charge in [0.15, 0.2) is 0 Å². The van der Waals surface area contributed by atoms with Crippen LogP contribution in [-0.4, -0.2) is 5.48 Å². The molecule has 0 aliphatic rings. The van der Waals surface area contributed by atoms with Gasteiger partial charge in [0.25, 0.3) is 0 Å². The van der Waals surface area contributed by atoms with Gasteiger partial charge in [0.1, 0.15) is 0 Å². The Morgan fingerprint density at radius 3 is 0.800 bits per heavy atom. The van der Waals surface area contributed by atoms with E-state index in [2.05, 4.69) is 0 Å². The first-order valence-corrected chi connectivity index (χ1v) is 0. The predicted molar refractivity (Wildman–Crippen MR) is 4.30 cm³/mol. The van der Waals surface area contributed by atoms with Gasteiger partial charge in [-0.15, -0.1) is 0 Å². The largest absolute Gasteiger partial charge is 4.00 e. The molecule has 0 rings (SSSR count). The Morgan fingerprint density at radius 2 is 0.800 bits per heavy atom. The third-order valence-electron chi connectivity index (χ3n) is 0. The number of hydrogen-bond donors (Lipinski definition) is 0. The van der Waals surface area contributed by atoms with E-state index in [9.17, 15) is 0 Å². The van der Waals surface area contributed by atoms with Crippen LogP contribution in [0.25, 0.3) is 0 Å². The zero-order chi connectivity index (χ0) is 0. The van der Waals surface area contributed by atoms with Crippen molar-refractivity contribution in [3.05, 3.63) is 0 Å². The molecule has 0 saturated heterocycles. The van der Waals surface area contributed by atoms with Gasteiger partial charge in [0, 0.05) is 0 Å². The third kappa shape index (κ3) is 26.4. The van der Waals surface area contributed by atoms with E-state index in [4.69, 9.17) is 0 Å². The number of halogens is 2. The van der Waals surface area contributed by atoms with Crippen LogP contribution >= 0.6 is 0 Å². The fourth-order valence-corrected chi connectivity index (χ4v) is 0. The van der Waals surface area contributed by atoms with Crippen molar-refractivity contribution in [3.63, 3.8) is 0 Å². The monoisotopic (exact) mass is 372 g/mol. The van der Waals surface area contributed by atoms with E-state index in [-0.39, 0.29) is 70.8 Å². The van der Waals surface area contributed by atoms with Crippen LogP contribution in [0.1, 0.15) is 0 Å². The van der Waals surface area contributed by atoms with Gasteiger partial charge in [0.2, 0.25) is 0 Å². The van der Waals surface area contributed by atoms with Crippen molar-refractivity contribution in [1.82, 2.24) is 0 Å². The van der Waals surface area contributed by atoms with Crippen LogP contribution < -0.4 is 34.0 Å². The minimum Gasteiger partial charge on any atom is -2.00 e. The van der Waals surface area contributed by atoms with E-state index in [0.29, 0.717) is 0 Å². The molecule has 2 nitrogen and oxygen atoms in total. The summed E-state index contributed by atoms with van der Waals surface area (Å²) in [5, 5.41) is 0. The van der Waals surface area contributed by atoms with Crippen molar-refractivity contribution in [3.8, 4) is 0 Å². The molecule has 0 unspecified atom stereocenters. The van der Waals surface area contributed by atoms with Gasteiger partial charge in [-0.1, -0.05) is 0 Å². The second kappa shape index (κ2) is 42.4. The number of rotatable bonds is 0. The molecule has 0 atom stereocenters. The standard InChI is InChI=1S/2BrH.Hf.H2O.O/h2*1H;;1H2;/q;;+4;;-2/p-2. The Balaban J connectivity index is 0. The molecule has 0 saturated carbocycles. The summed E-state index contributed by atoms with van der Waals surface area (Å²) in [6, 6.07) is 0. The summed E-state index contributed by atoms with van der Waals surface area (Å²) in [5.74, 6) is 0. The molecule has 2 N–H and O–H groups in total. The van der Waals surface area contributed by atoms with Gasteiger partial charge in [-0.2, -0.15) is 0 Å². The summed E-state index contributed by atoms with van der Waals surface area (Å²) < 4.78 is 0. The van der Waals surface area contributed by atoms with Crippen LogP contribution in [0.3, 0.4) is 0 Å². The first kappa shape index (κ1) is 72.9. The van der Waals surface area contributed by atoms with E-state index < -0.39 is 0 Å². The van der Waals surface area contributed by atoms with Crippen LogP contribution in [-0.2, 0) is 31.3 Å². The Hall–Kier alpha value is 1.75. The predicted octanol–water partition coefficient (Wildman–Crippen LogP) is -6.94. The molecular weight excluding hydrogens is 370 g/mol. The summed E-state index contributed by atoms with van der Waals surface area (Å²) in [4.78, 5) is 0. The molecule has 0 heterocycles. The summed E-state index contributed by atoms with van der Waals surface area (Å²) in [7, 11) is 0. The zero-order valence-corrected chi connectivity index (χ0v) is 8.93. The summed E-state index contributed by atoms with van der Waals surface area (Å²) >= 11 is 0. The maximum Gasteiger partial charge on any atom is 4.00 e. The second-order valence-corrected chi connectivity index (χ2v) is 0. The van der Waals surface area contributed by atoms with Crippen molar-refractivity contribution < 1.29 is 70.8 Å². The minimum atomic E-state index is 0. The molecule has 0 radical (unpaired) electrons. The van der Waals surface area contributed by atoms with Gasteiger partial charge < -0.3 is 44.9 Å². The molecule has 0 bridgehead atoms. The van der Waals surface area contributed by atoms with Gasteiger partial charge in [-0.25, -0.2) is 0 Å². The van der Waals surface area contributed by atoms with Crippen molar-refractivity contribution in [2.45, 2.75) is 0 Å². The maximum atomic E-state index is 0. The van der Waals surface area contributed by atoms with E-state index in [1.54, 1.807) is 0 Å². The van der Waals surface area contributed by atoms with Gasteiger partial charge >= 0.3 is 25.8 Å². The molecule has 0 aromatic carbocycles. The van der Waals surface area contributed by atoms with Crippen LogP contribution in [0.2, 0.25) is 0 Å². The molecule has 0 aromatic rings. The molecule has 0 aliphatic heterocycles. The molecule has 0 fully saturated rings. The SMILES string of the molecule is O.[Br-].[Br-].[Hf+4].[O-2]. The topological polar surface area (TPSA) is 60.0 Å². The fraction of sp³-hybridized carbons (Fsp3) is 0. The van der Waals surface area contributed by atoms with Gasteiger partial charge in [0.05, 0.1) is 0 Å². The first-order valence-electron chi connectivity index (χ1n) is 0. The quantitative estimate of drug-likeness (QED) is 0.380. The minimum absolute atomic E-state index is 0. The van der Waals surface area contributed by atoms with Crippen molar-refractivity contribution in [1.29, 1.82) is 0 Å². The average molecular weight is 372 g/mol. The summed E-state index contributed by atoms with van der Waals surface area (Å²) in [6.45, 7) is 0. The van der Waals surface area contributed by atoms with Crippen LogP contribution in [0.5, 0.6) is 0 Å². The molecule has 0 spiro atoms. The zero-order valence-electron chi connectivity index (χ0n) is 2.16. The Bertz CT molecular complexity index is 7.61. The molecule has 5 heteroatoms. The molecule has 0 amide bonds. The smallest absolute Gasteiger partial charge is 2.00 e. The van der Waals surface area contributed by atoms with Crippen LogP contribution in [0, 0.1) is 0 Å². The van der Waals surface area contributed by atoms with Crippen molar-refractivity contribution in [2.75, 3.05) is 0 Å². The summed E-state index contributed by atoms with van der Waals surface area (Å²) in [6.07, 6.45) is 0. The fourth-order valence-electron chi connectivity index (χ4n) is 0. The van der Waals surface area contributed by atoms with Crippen LogP contribution in [0.4, 0.5) is 0 Å². The molecule has 32 valence electrons. The Kier molecular flexibility index (Phi) is 617. The molecule has 0 aliphatic carbocycles. The second-order valence-electron chi connectivity index (χ2n) is 0. The first-order chi connectivity index (χ1) is 0. The van der Waals surface area contributed by atoms with Crippen molar-refractivity contribution in [2.24, 2.45) is 0 Å². The van der Waals surface area contributed by atoms with E-state index in [1.807, 2.05) is 0 Å².